The van der Waals surface area contributed by atoms with Crippen LogP contribution in [-0.2, 0) is 0 Å². The van der Waals surface area contributed by atoms with Gasteiger partial charge in [0.25, 0.3) is 5.91 Å². The summed E-state index contributed by atoms with van der Waals surface area (Å²) in [7, 11) is 2.07. The monoisotopic (exact) mass is 388 g/mol. The van der Waals surface area contributed by atoms with Crippen molar-refractivity contribution in [2.45, 2.75) is 6.92 Å². The number of carbonyl (C=O) groups excluding carboxylic acids is 1. The molecule has 0 saturated carbocycles. The number of pyridine rings is 1. The third kappa shape index (κ3) is 3.94. The fraction of sp³-hybridized carbons (Fsp3) is 0.333. The number of aryl methyl sites for hydroxylation is 1. The summed E-state index contributed by atoms with van der Waals surface area (Å²) in [5, 5.41) is 3.33. The molecule has 1 aromatic carbocycles. The van der Waals surface area contributed by atoms with Crippen molar-refractivity contribution in [1.29, 1.82) is 0 Å². The van der Waals surface area contributed by atoms with E-state index in [1.807, 2.05) is 42.2 Å². The maximum Gasteiger partial charge on any atom is 0.272 e. The normalized spacial score (nSPS) is 15.4. The van der Waals surface area contributed by atoms with Crippen LogP contribution in [0.15, 0.2) is 41.0 Å². The van der Waals surface area contributed by atoms with E-state index in [9.17, 15) is 4.79 Å². The lowest BCUT2D eigenvalue weighted by atomic mass is 10.2. The van der Waals surface area contributed by atoms with Crippen molar-refractivity contribution in [3.63, 3.8) is 0 Å². The van der Waals surface area contributed by atoms with Crippen molar-refractivity contribution >= 4 is 33.2 Å². The van der Waals surface area contributed by atoms with Crippen LogP contribution in [0.2, 0.25) is 0 Å². The van der Waals surface area contributed by atoms with Crippen molar-refractivity contribution in [2.75, 3.05) is 38.5 Å². The first-order chi connectivity index (χ1) is 11.5. The summed E-state index contributed by atoms with van der Waals surface area (Å²) >= 11 is 3.54. The zero-order chi connectivity index (χ0) is 17.1. The molecular weight excluding hydrogens is 368 g/mol. The van der Waals surface area contributed by atoms with Gasteiger partial charge in [0.05, 0.1) is 0 Å². The first kappa shape index (κ1) is 16.9. The van der Waals surface area contributed by atoms with Gasteiger partial charge < -0.3 is 15.1 Å². The van der Waals surface area contributed by atoms with Gasteiger partial charge in [0, 0.05) is 48.2 Å². The van der Waals surface area contributed by atoms with E-state index in [0.717, 1.165) is 42.0 Å². The summed E-state index contributed by atoms with van der Waals surface area (Å²) in [5.41, 5.74) is 3.49. The molecule has 1 N–H and O–H groups in total. The van der Waals surface area contributed by atoms with E-state index in [0.29, 0.717) is 5.69 Å². The number of nitrogens with one attached hydrogen (secondary N) is 1. The van der Waals surface area contributed by atoms with E-state index in [-0.39, 0.29) is 5.91 Å². The van der Waals surface area contributed by atoms with E-state index < -0.39 is 0 Å². The average molecular weight is 389 g/mol. The molecule has 1 saturated heterocycles. The molecule has 0 unspecified atom stereocenters. The third-order valence-electron chi connectivity index (χ3n) is 4.23. The highest BCUT2D eigenvalue weighted by molar-refractivity contribution is 9.10. The van der Waals surface area contributed by atoms with Crippen molar-refractivity contribution in [2.24, 2.45) is 0 Å². The van der Waals surface area contributed by atoms with Crippen LogP contribution in [0.25, 0.3) is 0 Å². The van der Waals surface area contributed by atoms with Gasteiger partial charge in [-0.1, -0.05) is 22.0 Å². The average Bonchev–Trinajstić information content (AvgIpc) is 2.58. The number of piperazine rings is 1. The molecule has 0 spiro atoms. The van der Waals surface area contributed by atoms with Crippen molar-refractivity contribution in [1.82, 2.24) is 14.8 Å². The molecule has 1 aliphatic heterocycles. The first-order valence-corrected chi connectivity index (χ1v) is 8.79. The Morgan fingerprint density at radius 2 is 1.83 bits per heavy atom. The Morgan fingerprint density at radius 3 is 2.54 bits per heavy atom. The number of aromatic nitrogens is 1. The van der Waals surface area contributed by atoms with Crippen molar-refractivity contribution in [3.8, 4) is 0 Å². The third-order valence-corrected chi connectivity index (χ3v) is 5.08. The number of likely N-dealkylation sites (N-methyl/N-ethyl adjacent to an activating group) is 1. The molecule has 1 aromatic heterocycles. The Bertz CT molecular complexity index is 742. The van der Waals surface area contributed by atoms with Crippen LogP contribution < -0.4 is 5.32 Å². The maximum absolute atomic E-state index is 12.6. The summed E-state index contributed by atoms with van der Waals surface area (Å²) in [4.78, 5) is 21.0. The second-order valence-corrected chi connectivity index (χ2v) is 6.97. The highest BCUT2D eigenvalue weighted by Gasteiger charge is 2.21. The fourth-order valence-electron chi connectivity index (χ4n) is 2.63. The Morgan fingerprint density at radius 1 is 1.12 bits per heavy atom. The van der Waals surface area contributed by atoms with Crippen LogP contribution in [0, 0.1) is 6.92 Å². The largest absolute Gasteiger partial charge is 0.355 e. The van der Waals surface area contributed by atoms with E-state index in [1.54, 1.807) is 6.20 Å². The van der Waals surface area contributed by atoms with Crippen molar-refractivity contribution in [3.05, 3.63) is 52.3 Å². The molecule has 3 rings (SSSR count). The molecule has 0 atom stereocenters. The van der Waals surface area contributed by atoms with Crippen LogP contribution in [0.5, 0.6) is 0 Å². The number of carbonyl (C=O) groups is 1. The number of nitrogens with zero attached hydrogens (tertiary/aromatic N) is 3. The zero-order valence-electron chi connectivity index (χ0n) is 13.9. The smallest absolute Gasteiger partial charge is 0.272 e. The number of halogens is 1. The van der Waals surface area contributed by atoms with Crippen molar-refractivity contribution < 1.29 is 4.79 Å². The minimum Gasteiger partial charge on any atom is -0.355 e. The number of benzene rings is 1. The highest BCUT2D eigenvalue weighted by Crippen LogP contribution is 2.24. The van der Waals surface area contributed by atoms with E-state index in [2.05, 4.69) is 38.2 Å². The van der Waals surface area contributed by atoms with Crippen LogP contribution in [0.1, 0.15) is 16.1 Å². The minimum atomic E-state index is -0.00293. The van der Waals surface area contributed by atoms with Crippen LogP contribution in [0.4, 0.5) is 11.4 Å². The molecule has 0 bridgehead atoms. The number of hydrogen-bond acceptors (Lipinski definition) is 4. The fourth-order valence-corrected chi connectivity index (χ4v) is 3.01. The molecule has 126 valence electrons. The lowest BCUT2D eigenvalue weighted by Gasteiger charge is -2.32. The van der Waals surface area contributed by atoms with E-state index in [1.165, 1.54) is 5.56 Å². The van der Waals surface area contributed by atoms with Gasteiger partial charge in [-0.3, -0.25) is 9.78 Å². The van der Waals surface area contributed by atoms with Crippen LogP contribution >= 0.6 is 15.9 Å². The lowest BCUT2D eigenvalue weighted by molar-refractivity contribution is 0.0658. The molecule has 1 amide bonds. The number of amides is 1. The van der Waals surface area contributed by atoms with Gasteiger partial charge in [0.2, 0.25) is 0 Å². The summed E-state index contributed by atoms with van der Waals surface area (Å²) in [6, 6.07) is 9.77. The van der Waals surface area contributed by atoms with Gasteiger partial charge in [0.15, 0.2) is 0 Å². The molecule has 1 aliphatic rings. The Kier molecular flexibility index (Phi) is 5.16. The van der Waals surface area contributed by atoms with Gasteiger partial charge in [-0.05, 0) is 43.8 Å². The lowest BCUT2D eigenvalue weighted by Crippen LogP contribution is -2.47. The van der Waals surface area contributed by atoms with Gasteiger partial charge in [-0.2, -0.15) is 0 Å². The molecule has 2 aromatic rings. The standard InChI is InChI=1S/C18H21BrN4O/c1-13-3-4-14(11-16(13)19)21-15-5-6-20-17(12-15)18(24)23-9-7-22(2)8-10-23/h3-6,11-12H,7-10H2,1-2H3,(H,20,21). The Labute approximate surface area is 150 Å². The summed E-state index contributed by atoms with van der Waals surface area (Å²) in [6.07, 6.45) is 1.68. The van der Waals surface area contributed by atoms with Gasteiger partial charge >= 0.3 is 0 Å². The number of anilines is 2. The molecule has 2 heterocycles. The Hall–Kier alpha value is -1.92. The number of hydrogen-bond donors (Lipinski definition) is 1. The molecule has 0 aliphatic carbocycles. The van der Waals surface area contributed by atoms with Gasteiger partial charge in [-0.15, -0.1) is 0 Å². The van der Waals surface area contributed by atoms with E-state index in [4.69, 9.17) is 0 Å². The molecular formula is C18H21BrN4O. The molecule has 6 heteroatoms. The molecule has 5 nitrogen and oxygen atoms in total. The molecule has 1 fully saturated rings. The van der Waals surface area contributed by atoms with Gasteiger partial charge in [-0.25, -0.2) is 0 Å². The molecule has 0 radical (unpaired) electrons. The topological polar surface area (TPSA) is 48.5 Å². The summed E-state index contributed by atoms with van der Waals surface area (Å²) in [5.74, 6) is -0.00293. The Balaban J connectivity index is 1.73. The van der Waals surface area contributed by atoms with Crippen LogP contribution in [0.3, 0.4) is 0 Å². The van der Waals surface area contributed by atoms with Gasteiger partial charge in [0.1, 0.15) is 5.69 Å². The summed E-state index contributed by atoms with van der Waals surface area (Å²) in [6.45, 7) is 5.36. The molecule has 24 heavy (non-hydrogen) atoms. The summed E-state index contributed by atoms with van der Waals surface area (Å²) < 4.78 is 1.05. The quantitative estimate of drug-likeness (QED) is 0.876. The predicted octanol–water partition coefficient (Wildman–Crippen LogP) is 3.28. The predicted molar refractivity (Wildman–Crippen MR) is 99.8 cm³/mol. The second-order valence-electron chi connectivity index (χ2n) is 6.11. The maximum atomic E-state index is 12.6. The zero-order valence-corrected chi connectivity index (χ0v) is 15.5. The van der Waals surface area contributed by atoms with Crippen LogP contribution in [-0.4, -0.2) is 53.9 Å². The highest BCUT2D eigenvalue weighted by atomic mass is 79.9. The minimum absolute atomic E-state index is 0.00293. The first-order valence-electron chi connectivity index (χ1n) is 8.00. The SMILES string of the molecule is Cc1ccc(Nc2ccnc(C(=O)N3CCN(C)CC3)c2)cc1Br. The second kappa shape index (κ2) is 7.32. The number of rotatable bonds is 3. The van der Waals surface area contributed by atoms with E-state index >= 15 is 0 Å².